The van der Waals surface area contributed by atoms with E-state index >= 15 is 0 Å². The summed E-state index contributed by atoms with van der Waals surface area (Å²) in [7, 11) is 1.58. The van der Waals surface area contributed by atoms with Crippen LogP contribution in [-0.2, 0) is 11.2 Å². The molecule has 0 aliphatic rings. The Kier molecular flexibility index (Phi) is 6.38. The zero-order valence-corrected chi connectivity index (χ0v) is 15.6. The van der Waals surface area contributed by atoms with E-state index in [4.69, 9.17) is 4.74 Å². The molecule has 0 atom stereocenters. The average Bonchev–Trinajstić information content (AvgIpc) is 2.59. The van der Waals surface area contributed by atoms with Gasteiger partial charge in [0.05, 0.1) is 7.11 Å². The second-order valence-electron chi connectivity index (χ2n) is 5.06. The number of methoxy groups -OCH3 is 1. The van der Waals surface area contributed by atoms with E-state index in [-0.39, 0.29) is 5.57 Å². The van der Waals surface area contributed by atoms with Crippen molar-refractivity contribution in [2.75, 3.05) is 12.4 Å². The minimum absolute atomic E-state index is 0.0463. The van der Waals surface area contributed by atoms with Crippen LogP contribution in [0.15, 0.2) is 48.0 Å². The average molecular weight is 432 g/mol. The van der Waals surface area contributed by atoms with Crippen LogP contribution in [0, 0.1) is 14.9 Å². The molecule has 1 amide bonds. The van der Waals surface area contributed by atoms with Gasteiger partial charge in [0.2, 0.25) is 0 Å². The van der Waals surface area contributed by atoms with Crippen molar-refractivity contribution in [2.45, 2.75) is 13.3 Å². The van der Waals surface area contributed by atoms with E-state index in [2.05, 4.69) is 27.9 Å². The second-order valence-corrected chi connectivity index (χ2v) is 6.30. The van der Waals surface area contributed by atoms with Crippen molar-refractivity contribution >= 4 is 40.3 Å². The maximum Gasteiger partial charge on any atom is 0.266 e. The predicted octanol–water partition coefficient (Wildman–Crippen LogP) is 4.41. The van der Waals surface area contributed by atoms with Crippen LogP contribution in [0.5, 0.6) is 5.75 Å². The number of para-hydroxylation sites is 1. The SMILES string of the molecule is CCc1ccccc1NC(=O)/C(C#N)=C/c1cc(I)cc(OC)c1. The first-order valence-corrected chi connectivity index (χ1v) is 8.51. The van der Waals surface area contributed by atoms with Crippen LogP contribution in [0.2, 0.25) is 0 Å². The third kappa shape index (κ3) is 4.59. The Morgan fingerprint density at radius 2 is 2.08 bits per heavy atom. The number of aryl methyl sites for hydroxylation is 1. The number of nitrogens with zero attached hydrogens (tertiary/aromatic N) is 1. The molecule has 0 radical (unpaired) electrons. The van der Waals surface area contributed by atoms with Gasteiger partial charge in [-0.3, -0.25) is 4.79 Å². The Hall–Kier alpha value is -2.33. The van der Waals surface area contributed by atoms with Crippen LogP contribution in [0.25, 0.3) is 6.08 Å². The fraction of sp³-hybridized carbons (Fsp3) is 0.158. The van der Waals surface area contributed by atoms with Crippen molar-refractivity contribution in [1.82, 2.24) is 0 Å². The van der Waals surface area contributed by atoms with E-state index in [9.17, 15) is 10.1 Å². The van der Waals surface area contributed by atoms with E-state index in [1.807, 2.05) is 49.4 Å². The summed E-state index contributed by atoms with van der Waals surface area (Å²) in [6.07, 6.45) is 2.37. The van der Waals surface area contributed by atoms with E-state index in [1.165, 1.54) is 0 Å². The highest BCUT2D eigenvalue weighted by molar-refractivity contribution is 14.1. The number of nitrogens with one attached hydrogen (secondary N) is 1. The van der Waals surface area contributed by atoms with Gasteiger partial charge in [-0.25, -0.2) is 0 Å². The van der Waals surface area contributed by atoms with Crippen molar-refractivity contribution in [3.63, 3.8) is 0 Å². The fourth-order valence-corrected chi connectivity index (χ4v) is 2.91. The molecule has 5 heteroatoms. The second kappa shape index (κ2) is 8.50. The highest BCUT2D eigenvalue weighted by atomic mass is 127. The van der Waals surface area contributed by atoms with Crippen molar-refractivity contribution in [3.05, 3.63) is 62.7 Å². The smallest absolute Gasteiger partial charge is 0.266 e. The van der Waals surface area contributed by atoms with E-state index in [1.54, 1.807) is 19.3 Å². The lowest BCUT2D eigenvalue weighted by Gasteiger charge is -2.09. The molecular formula is C19H17IN2O2. The minimum Gasteiger partial charge on any atom is -0.497 e. The van der Waals surface area contributed by atoms with Crippen LogP contribution >= 0.6 is 22.6 Å². The summed E-state index contributed by atoms with van der Waals surface area (Å²) < 4.78 is 6.18. The number of ether oxygens (including phenoxy) is 1. The number of carbonyl (C=O) groups excluding carboxylic acids is 1. The lowest BCUT2D eigenvalue weighted by atomic mass is 10.1. The summed E-state index contributed by atoms with van der Waals surface area (Å²) in [4.78, 5) is 12.4. The third-order valence-electron chi connectivity index (χ3n) is 3.45. The molecule has 1 N–H and O–H groups in total. The monoisotopic (exact) mass is 432 g/mol. The number of halogens is 1. The molecule has 2 rings (SSSR count). The molecule has 4 nitrogen and oxygen atoms in total. The molecule has 0 aromatic heterocycles. The molecule has 0 fully saturated rings. The number of hydrogen-bond donors (Lipinski definition) is 1. The minimum atomic E-state index is -0.420. The number of rotatable bonds is 5. The zero-order chi connectivity index (χ0) is 17.5. The quantitative estimate of drug-likeness (QED) is 0.433. The zero-order valence-electron chi connectivity index (χ0n) is 13.5. The number of benzene rings is 2. The highest BCUT2D eigenvalue weighted by Crippen LogP contribution is 2.21. The number of anilines is 1. The van der Waals surface area contributed by atoms with Gasteiger partial charge >= 0.3 is 0 Å². The first-order valence-electron chi connectivity index (χ1n) is 7.43. The molecule has 24 heavy (non-hydrogen) atoms. The first kappa shape index (κ1) is 18.0. The van der Waals surface area contributed by atoms with Gasteiger partial charge in [-0.15, -0.1) is 0 Å². The largest absolute Gasteiger partial charge is 0.497 e. The van der Waals surface area contributed by atoms with Gasteiger partial charge in [0, 0.05) is 9.26 Å². The first-order chi connectivity index (χ1) is 11.6. The number of nitriles is 1. The van der Waals surface area contributed by atoms with Gasteiger partial charge in [-0.1, -0.05) is 25.1 Å². The molecule has 0 heterocycles. The summed E-state index contributed by atoms with van der Waals surface area (Å²) in [6.45, 7) is 2.02. The topological polar surface area (TPSA) is 62.1 Å². The lowest BCUT2D eigenvalue weighted by Crippen LogP contribution is -2.14. The molecule has 2 aromatic rings. The fourth-order valence-electron chi connectivity index (χ4n) is 2.24. The molecule has 0 aliphatic heterocycles. The van der Waals surface area contributed by atoms with Gasteiger partial charge in [0.1, 0.15) is 17.4 Å². The standard InChI is InChI=1S/C19H17IN2O2/c1-3-14-6-4-5-7-18(14)22-19(23)15(12-21)8-13-9-16(20)11-17(10-13)24-2/h4-11H,3H2,1-2H3,(H,22,23)/b15-8+. The predicted molar refractivity (Wildman–Crippen MR) is 104 cm³/mol. The molecule has 0 saturated carbocycles. The lowest BCUT2D eigenvalue weighted by molar-refractivity contribution is -0.112. The number of carbonyl (C=O) groups is 1. The van der Waals surface area contributed by atoms with Gasteiger partial charge in [0.15, 0.2) is 0 Å². The summed E-state index contributed by atoms with van der Waals surface area (Å²) in [5.41, 5.74) is 2.55. The van der Waals surface area contributed by atoms with E-state index in [0.717, 1.165) is 26.8 Å². The number of amides is 1. The Morgan fingerprint density at radius 3 is 2.75 bits per heavy atom. The van der Waals surface area contributed by atoms with Gasteiger partial charge in [-0.05, 0) is 70.5 Å². The molecule has 0 aliphatic carbocycles. The van der Waals surface area contributed by atoms with Gasteiger partial charge in [0.25, 0.3) is 5.91 Å². The van der Waals surface area contributed by atoms with E-state index < -0.39 is 5.91 Å². The molecule has 0 bridgehead atoms. The third-order valence-corrected chi connectivity index (χ3v) is 4.07. The Bertz CT molecular complexity index is 822. The van der Waals surface area contributed by atoms with Crippen LogP contribution in [-0.4, -0.2) is 13.0 Å². The molecular weight excluding hydrogens is 415 g/mol. The Balaban J connectivity index is 2.29. The van der Waals surface area contributed by atoms with E-state index in [0.29, 0.717) is 5.75 Å². The van der Waals surface area contributed by atoms with Crippen LogP contribution < -0.4 is 10.1 Å². The molecule has 0 unspecified atom stereocenters. The summed E-state index contributed by atoms with van der Waals surface area (Å²) in [6, 6.07) is 15.1. The van der Waals surface area contributed by atoms with Crippen molar-refractivity contribution < 1.29 is 9.53 Å². The molecule has 2 aromatic carbocycles. The Morgan fingerprint density at radius 1 is 1.33 bits per heavy atom. The Labute approximate surface area is 155 Å². The van der Waals surface area contributed by atoms with Crippen LogP contribution in [0.4, 0.5) is 5.69 Å². The molecule has 0 saturated heterocycles. The number of hydrogen-bond acceptors (Lipinski definition) is 3. The molecule has 122 valence electrons. The summed E-state index contributed by atoms with van der Waals surface area (Å²) in [5.74, 6) is 0.262. The highest BCUT2D eigenvalue weighted by Gasteiger charge is 2.11. The van der Waals surface area contributed by atoms with Crippen molar-refractivity contribution in [3.8, 4) is 11.8 Å². The van der Waals surface area contributed by atoms with Crippen molar-refractivity contribution in [1.29, 1.82) is 5.26 Å². The van der Waals surface area contributed by atoms with Gasteiger partial charge in [-0.2, -0.15) is 5.26 Å². The van der Waals surface area contributed by atoms with Gasteiger partial charge < -0.3 is 10.1 Å². The molecule has 0 spiro atoms. The van der Waals surface area contributed by atoms with Crippen LogP contribution in [0.3, 0.4) is 0 Å². The summed E-state index contributed by atoms with van der Waals surface area (Å²) >= 11 is 2.17. The van der Waals surface area contributed by atoms with Crippen molar-refractivity contribution in [2.24, 2.45) is 0 Å². The van der Waals surface area contributed by atoms with Crippen LogP contribution in [0.1, 0.15) is 18.1 Å². The maximum atomic E-state index is 12.4. The summed E-state index contributed by atoms with van der Waals surface area (Å²) in [5, 5.41) is 12.2. The normalized spacial score (nSPS) is 10.8. The maximum absolute atomic E-state index is 12.4.